The van der Waals surface area contributed by atoms with E-state index in [4.69, 9.17) is 27.9 Å². The Morgan fingerprint density at radius 1 is 1.40 bits per heavy atom. The third kappa shape index (κ3) is 4.10. The van der Waals surface area contributed by atoms with Crippen molar-refractivity contribution in [2.75, 3.05) is 11.9 Å². The summed E-state index contributed by atoms with van der Waals surface area (Å²) in [6.07, 6.45) is 0.174. The highest BCUT2D eigenvalue weighted by molar-refractivity contribution is 7.13. The quantitative estimate of drug-likeness (QED) is 0.830. The largest absolute Gasteiger partial charge is 0.466 e. The predicted molar refractivity (Wildman–Crippen MR) is 82.2 cm³/mol. The van der Waals surface area contributed by atoms with Crippen molar-refractivity contribution in [1.29, 1.82) is 0 Å². The molecule has 0 atom stereocenters. The zero-order valence-electron chi connectivity index (χ0n) is 10.7. The number of benzene rings is 1. The molecule has 1 aromatic carbocycles. The van der Waals surface area contributed by atoms with Gasteiger partial charge < -0.3 is 10.1 Å². The Kier molecular flexibility index (Phi) is 5.23. The van der Waals surface area contributed by atoms with Crippen LogP contribution in [0.15, 0.2) is 23.6 Å². The van der Waals surface area contributed by atoms with E-state index in [1.807, 2.05) is 5.38 Å². The number of aromatic nitrogens is 1. The van der Waals surface area contributed by atoms with Crippen LogP contribution in [0.3, 0.4) is 0 Å². The second-order valence-corrected chi connectivity index (χ2v) is 5.55. The summed E-state index contributed by atoms with van der Waals surface area (Å²) in [5.74, 6) is -0.279. The number of anilines is 2. The van der Waals surface area contributed by atoms with Gasteiger partial charge in [-0.25, -0.2) is 4.98 Å². The number of carbonyl (C=O) groups is 1. The van der Waals surface area contributed by atoms with Crippen molar-refractivity contribution in [3.05, 3.63) is 39.3 Å². The van der Waals surface area contributed by atoms with E-state index in [0.29, 0.717) is 27.5 Å². The van der Waals surface area contributed by atoms with Crippen LogP contribution in [0.4, 0.5) is 10.8 Å². The molecule has 2 rings (SSSR count). The van der Waals surface area contributed by atoms with Gasteiger partial charge in [-0.1, -0.05) is 23.2 Å². The molecule has 20 heavy (non-hydrogen) atoms. The van der Waals surface area contributed by atoms with E-state index in [0.717, 1.165) is 5.69 Å². The van der Waals surface area contributed by atoms with Crippen LogP contribution in [0.5, 0.6) is 0 Å². The van der Waals surface area contributed by atoms with Gasteiger partial charge in [0.15, 0.2) is 5.13 Å². The summed E-state index contributed by atoms with van der Waals surface area (Å²) < 4.78 is 4.88. The van der Waals surface area contributed by atoms with Gasteiger partial charge in [-0.2, -0.15) is 0 Å². The Balaban J connectivity index is 2.02. The van der Waals surface area contributed by atoms with Crippen LogP contribution < -0.4 is 5.32 Å². The molecule has 0 radical (unpaired) electrons. The Labute approximate surface area is 130 Å². The molecule has 0 aliphatic rings. The van der Waals surface area contributed by atoms with Gasteiger partial charge in [-0.15, -0.1) is 11.3 Å². The van der Waals surface area contributed by atoms with Gasteiger partial charge in [-0.05, 0) is 25.1 Å². The van der Waals surface area contributed by atoms with Crippen LogP contribution >= 0.6 is 34.5 Å². The van der Waals surface area contributed by atoms with Crippen LogP contribution in [0.1, 0.15) is 12.6 Å². The Morgan fingerprint density at radius 3 is 2.90 bits per heavy atom. The van der Waals surface area contributed by atoms with Gasteiger partial charge in [0.2, 0.25) is 0 Å². The van der Waals surface area contributed by atoms with Gasteiger partial charge in [0, 0.05) is 11.1 Å². The molecule has 7 heteroatoms. The molecule has 0 aliphatic heterocycles. The molecule has 4 nitrogen and oxygen atoms in total. The van der Waals surface area contributed by atoms with Crippen molar-refractivity contribution in [2.45, 2.75) is 13.3 Å². The highest BCUT2D eigenvalue weighted by atomic mass is 35.5. The lowest BCUT2D eigenvalue weighted by molar-refractivity contribution is -0.142. The number of halogens is 2. The zero-order chi connectivity index (χ0) is 14.5. The second kappa shape index (κ2) is 6.92. The first-order chi connectivity index (χ1) is 9.58. The van der Waals surface area contributed by atoms with Gasteiger partial charge in [0.1, 0.15) is 0 Å². The normalized spacial score (nSPS) is 10.3. The molecule has 0 fully saturated rings. The molecule has 0 spiro atoms. The molecule has 0 saturated heterocycles. The number of thiazole rings is 1. The van der Waals surface area contributed by atoms with Crippen LogP contribution in [0, 0.1) is 0 Å². The SMILES string of the molecule is CCOC(=O)Cc1csc(Nc2ccc(Cl)c(Cl)c2)n1. The molecule has 0 amide bonds. The first-order valence-electron chi connectivity index (χ1n) is 5.90. The molecule has 2 aromatic rings. The fraction of sp³-hybridized carbons (Fsp3) is 0.231. The smallest absolute Gasteiger partial charge is 0.311 e. The summed E-state index contributed by atoms with van der Waals surface area (Å²) >= 11 is 13.2. The van der Waals surface area contributed by atoms with E-state index in [1.54, 1.807) is 25.1 Å². The zero-order valence-corrected chi connectivity index (χ0v) is 13.0. The second-order valence-electron chi connectivity index (χ2n) is 3.88. The van der Waals surface area contributed by atoms with Crippen molar-refractivity contribution < 1.29 is 9.53 Å². The summed E-state index contributed by atoms with van der Waals surface area (Å²) in [6, 6.07) is 5.23. The molecule has 0 saturated carbocycles. The van der Waals surface area contributed by atoms with E-state index in [9.17, 15) is 4.79 Å². The molecule has 0 bridgehead atoms. The number of rotatable bonds is 5. The molecular formula is C13H12Cl2N2O2S. The maximum atomic E-state index is 11.4. The topological polar surface area (TPSA) is 51.2 Å². The van der Waals surface area contributed by atoms with Crippen molar-refractivity contribution in [1.82, 2.24) is 4.98 Å². The average molecular weight is 331 g/mol. The summed E-state index contributed by atoms with van der Waals surface area (Å²) in [7, 11) is 0. The van der Waals surface area contributed by atoms with Crippen LogP contribution in [-0.4, -0.2) is 17.6 Å². The number of ether oxygens (including phenoxy) is 1. The average Bonchev–Trinajstić information content (AvgIpc) is 2.81. The summed E-state index contributed by atoms with van der Waals surface area (Å²) in [6.45, 7) is 2.15. The Morgan fingerprint density at radius 2 is 2.20 bits per heavy atom. The molecule has 0 unspecified atom stereocenters. The summed E-state index contributed by atoms with van der Waals surface area (Å²) in [4.78, 5) is 15.7. The van der Waals surface area contributed by atoms with Crippen LogP contribution in [-0.2, 0) is 16.0 Å². The number of hydrogen-bond donors (Lipinski definition) is 1. The van der Waals surface area contributed by atoms with Crippen molar-refractivity contribution in [2.24, 2.45) is 0 Å². The van der Waals surface area contributed by atoms with Crippen molar-refractivity contribution in [3.8, 4) is 0 Å². The summed E-state index contributed by atoms with van der Waals surface area (Å²) in [5, 5.41) is 6.58. The van der Waals surface area contributed by atoms with E-state index in [-0.39, 0.29) is 12.4 Å². The highest BCUT2D eigenvalue weighted by Gasteiger charge is 2.09. The van der Waals surface area contributed by atoms with Crippen molar-refractivity contribution in [3.63, 3.8) is 0 Å². The first kappa shape index (κ1) is 15.1. The number of nitrogens with one attached hydrogen (secondary N) is 1. The molecule has 1 heterocycles. The predicted octanol–water partition coefficient (Wildman–Crippen LogP) is 4.30. The fourth-order valence-corrected chi connectivity index (χ4v) is 2.53. The molecule has 1 N–H and O–H groups in total. The lowest BCUT2D eigenvalue weighted by Gasteiger charge is -2.03. The van der Waals surface area contributed by atoms with Crippen LogP contribution in [0.2, 0.25) is 10.0 Å². The third-order valence-electron chi connectivity index (χ3n) is 2.35. The van der Waals surface area contributed by atoms with Crippen molar-refractivity contribution >= 4 is 51.3 Å². The number of esters is 1. The maximum absolute atomic E-state index is 11.4. The Hall–Kier alpha value is -1.30. The monoisotopic (exact) mass is 330 g/mol. The molecular weight excluding hydrogens is 319 g/mol. The summed E-state index contributed by atoms with van der Waals surface area (Å²) in [5.41, 5.74) is 1.47. The highest BCUT2D eigenvalue weighted by Crippen LogP contribution is 2.28. The lowest BCUT2D eigenvalue weighted by Crippen LogP contribution is -2.07. The number of hydrogen-bond acceptors (Lipinski definition) is 5. The fourth-order valence-electron chi connectivity index (χ4n) is 1.50. The van der Waals surface area contributed by atoms with E-state index in [2.05, 4.69) is 10.3 Å². The minimum absolute atomic E-state index is 0.174. The first-order valence-corrected chi connectivity index (χ1v) is 7.54. The number of nitrogens with zero attached hydrogens (tertiary/aromatic N) is 1. The molecule has 106 valence electrons. The van der Waals surface area contributed by atoms with Crippen LogP contribution in [0.25, 0.3) is 0 Å². The minimum atomic E-state index is -0.279. The minimum Gasteiger partial charge on any atom is -0.466 e. The van der Waals surface area contributed by atoms with Gasteiger partial charge in [0.25, 0.3) is 0 Å². The third-order valence-corrected chi connectivity index (χ3v) is 3.90. The van der Waals surface area contributed by atoms with E-state index < -0.39 is 0 Å². The van der Waals surface area contributed by atoms with Gasteiger partial charge in [-0.3, -0.25) is 4.79 Å². The maximum Gasteiger partial charge on any atom is 0.311 e. The van der Waals surface area contributed by atoms with Gasteiger partial charge >= 0.3 is 5.97 Å². The lowest BCUT2D eigenvalue weighted by atomic mass is 10.3. The van der Waals surface area contributed by atoms with E-state index >= 15 is 0 Å². The van der Waals surface area contributed by atoms with E-state index in [1.165, 1.54) is 11.3 Å². The molecule has 0 aliphatic carbocycles. The standard InChI is InChI=1S/C13H12Cl2N2O2S/c1-2-19-12(18)6-9-7-20-13(17-9)16-8-3-4-10(14)11(15)5-8/h3-5,7H,2,6H2,1H3,(H,16,17). The molecule has 1 aromatic heterocycles. The van der Waals surface area contributed by atoms with Gasteiger partial charge in [0.05, 0.1) is 28.8 Å². The Bertz CT molecular complexity index is 616. The number of carbonyl (C=O) groups excluding carboxylic acids is 1.